The monoisotopic (exact) mass is 485 g/mol. The number of fused-ring (bicyclic) bond motifs is 1. The van der Waals surface area contributed by atoms with Crippen molar-refractivity contribution >= 4 is 28.8 Å². The van der Waals surface area contributed by atoms with Crippen LogP contribution in [-0.4, -0.2) is 32.3 Å². The number of carbonyl (C=O) groups is 1. The first-order valence-corrected chi connectivity index (χ1v) is 11.7. The highest BCUT2D eigenvalue weighted by Crippen LogP contribution is 2.32. The molecule has 4 rings (SSSR count). The lowest BCUT2D eigenvalue weighted by atomic mass is 10.1. The van der Waals surface area contributed by atoms with E-state index in [0.29, 0.717) is 41.6 Å². The van der Waals surface area contributed by atoms with Crippen molar-refractivity contribution in [3.05, 3.63) is 94.0 Å². The summed E-state index contributed by atoms with van der Waals surface area (Å²) in [6.07, 6.45) is 0.508. The number of hydrogen-bond acceptors (Lipinski definition) is 5. The molecule has 9 heteroatoms. The van der Waals surface area contributed by atoms with Crippen LogP contribution in [0.3, 0.4) is 0 Å². The molecular weight excluding hydrogens is 464 g/mol. The Labute approximate surface area is 199 Å². The molecule has 33 heavy (non-hydrogen) atoms. The number of nitrogens with zero attached hydrogens (tertiary/aromatic N) is 1. The zero-order valence-corrected chi connectivity index (χ0v) is 19.2. The minimum atomic E-state index is -2.38. The highest BCUT2D eigenvalue weighted by Gasteiger charge is 2.14. The Morgan fingerprint density at radius 1 is 1.03 bits per heavy atom. The van der Waals surface area contributed by atoms with Crippen molar-refractivity contribution in [2.45, 2.75) is 19.5 Å². The first-order chi connectivity index (χ1) is 16.0. The van der Waals surface area contributed by atoms with Gasteiger partial charge < -0.3 is 19.3 Å². The SMILES string of the molecule is O=C(NCc1ccc2c(c1)OCO2)c1ccc(CN(CCc2ccccc2Cl)S(=O)[O-])cc1. The second-order valence-electron chi connectivity index (χ2n) is 7.49. The van der Waals surface area contributed by atoms with Crippen LogP contribution in [0.4, 0.5) is 0 Å². The van der Waals surface area contributed by atoms with Crippen LogP contribution in [0.25, 0.3) is 0 Å². The number of carbonyl (C=O) groups excluding carboxylic acids is 1. The summed E-state index contributed by atoms with van der Waals surface area (Å²) >= 11 is 3.78. The Morgan fingerprint density at radius 3 is 2.52 bits per heavy atom. The van der Waals surface area contributed by atoms with Crippen LogP contribution in [0.1, 0.15) is 27.0 Å². The van der Waals surface area contributed by atoms with Crippen molar-refractivity contribution in [1.82, 2.24) is 9.62 Å². The standard InChI is InChI=1S/C24H23ClN2O5S/c25-21-4-2-1-3-19(21)11-12-27(33(29)30)15-17-5-8-20(9-6-17)24(28)26-14-18-7-10-22-23(13-18)32-16-31-22/h1-10,13H,11-12,14-16H2,(H,26,28)(H,29,30)/p-1. The number of rotatable bonds is 9. The van der Waals surface area contributed by atoms with E-state index in [1.165, 1.54) is 4.31 Å². The number of ether oxygens (including phenoxy) is 2. The average molecular weight is 486 g/mol. The maximum absolute atomic E-state index is 12.5. The van der Waals surface area contributed by atoms with E-state index < -0.39 is 11.3 Å². The molecule has 7 nitrogen and oxygen atoms in total. The van der Waals surface area contributed by atoms with Crippen molar-refractivity contribution in [3.63, 3.8) is 0 Å². The van der Waals surface area contributed by atoms with Crippen LogP contribution in [0.5, 0.6) is 11.5 Å². The molecule has 1 N–H and O–H groups in total. The second-order valence-corrected chi connectivity index (χ2v) is 8.85. The molecule has 1 aliphatic heterocycles. The molecule has 1 atom stereocenters. The molecule has 1 unspecified atom stereocenters. The molecule has 0 bridgehead atoms. The van der Waals surface area contributed by atoms with E-state index in [2.05, 4.69) is 5.32 Å². The van der Waals surface area contributed by atoms with Crippen molar-refractivity contribution in [1.29, 1.82) is 0 Å². The lowest BCUT2D eigenvalue weighted by molar-refractivity contribution is 0.0950. The fraction of sp³-hybridized carbons (Fsp3) is 0.208. The molecule has 3 aromatic carbocycles. The van der Waals surface area contributed by atoms with Crippen LogP contribution in [0, 0.1) is 0 Å². The van der Waals surface area contributed by atoms with Gasteiger partial charge in [-0.2, -0.15) is 0 Å². The van der Waals surface area contributed by atoms with Gasteiger partial charge in [0.05, 0.1) is 0 Å². The van der Waals surface area contributed by atoms with E-state index in [1.54, 1.807) is 30.3 Å². The maximum Gasteiger partial charge on any atom is 0.251 e. The van der Waals surface area contributed by atoms with Gasteiger partial charge in [-0.3, -0.25) is 9.00 Å². The molecule has 0 saturated carbocycles. The van der Waals surface area contributed by atoms with Gasteiger partial charge in [-0.15, -0.1) is 0 Å². The molecule has 0 radical (unpaired) electrons. The van der Waals surface area contributed by atoms with Gasteiger partial charge in [0.15, 0.2) is 11.5 Å². The fourth-order valence-electron chi connectivity index (χ4n) is 3.45. The van der Waals surface area contributed by atoms with E-state index in [0.717, 1.165) is 16.7 Å². The van der Waals surface area contributed by atoms with Crippen molar-refractivity contribution in [3.8, 4) is 11.5 Å². The van der Waals surface area contributed by atoms with Gasteiger partial charge in [0.1, 0.15) is 0 Å². The molecule has 3 aromatic rings. The topological polar surface area (TPSA) is 90.9 Å². The lowest BCUT2D eigenvalue weighted by Gasteiger charge is -2.24. The summed E-state index contributed by atoms with van der Waals surface area (Å²) < 4.78 is 35.3. The summed E-state index contributed by atoms with van der Waals surface area (Å²) in [5.74, 6) is 1.14. The summed E-state index contributed by atoms with van der Waals surface area (Å²) in [4.78, 5) is 12.5. The fourth-order valence-corrected chi connectivity index (χ4v) is 4.18. The molecule has 1 amide bonds. The molecule has 1 heterocycles. The van der Waals surface area contributed by atoms with Gasteiger partial charge >= 0.3 is 0 Å². The Kier molecular flexibility index (Phi) is 7.61. The summed E-state index contributed by atoms with van der Waals surface area (Å²) in [7, 11) is 0. The smallest absolute Gasteiger partial charge is 0.251 e. The number of benzene rings is 3. The van der Waals surface area contributed by atoms with Crippen LogP contribution in [-0.2, 0) is 30.8 Å². The number of amides is 1. The van der Waals surface area contributed by atoms with Gasteiger partial charge in [0.2, 0.25) is 6.79 Å². The third-order valence-corrected chi connectivity index (χ3v) is 6.37. The predicted octanol–water partition coefficient (Wildman–Crippen LogP) is 3.84. The van der Waals surface area contributed by atoms with Crippen molar-refractivity contribution < 1.29 is 23.0 Å². The minimum absolute atomic E-state index is 0.203. The Balaban J connectivity index is 1.32. The first-order valence-electron chi connectivity index (χ1n) is 10.3. The van der Waals surface area contributed by atoms with E-state index in [-0.39, 0.29) is 19.2 Å². The van der Waals surface area contributed by atoms with E-state index in [9.17, 15) is 13.6 Å². The zero-order valence-electron chi connectivity index (χ0n) is 17.7. The number of nitrogens with one attached hydrogen (secondary N) is 1. The maximum atomic E-state index is 12.5. The van der Waals surface area contributed by atoms with Crippen molar-refractivity contribution in [2.24, 2.45) is 0 Å². The number of halogens is 1. The molecule has 1 aliphatic rings. The Morgan fingerprint density at radius 2 is 1.76 bits per heavy atom. The summed E-state index contributed by atoms with van der Waals surface area (Å²) in [5, 5.41) is 3.49. The van der Waals surface area contributed by atoms with E-state index in [4.69, 9.17) is 21.1 Å². The predicted molar refractivity (Wildman–Crippen MR) is 125 cm³/mol. The molecule has 0 saturated heterocycles. The third-order valence-electron chi connectivity index (χ3n) is 5.26. The van der Waals surface area contributed by atoms with Crippen LogP contribution in [0.2, 0.25) is 5.02 Å². The third kappa shape index (κ3) is 6.11. The van der Waals surface area contributed by atoms with Gasteiger partial charge in [-0.1, -0.05) is 48.0 Å². The van der Waals surface area contributed by atoms with Crippen molar-refractivity contribution in [2.75, 3.05) is 13.3 Å². The molecular formula is C24H22ClN2O5S-. The zero-order chi connectivity index (χ0) is 23.2. The largest absolute Gasteiger partial charge is 0.760 e. The van der Waals surface area contributed by atoms with E-state index in [1.807, 2.05) is 36.4 Å². The average Bonchev–Trinajstić information content (AvgIpc) is 3.29. The van der Waals surface area contributed by atoms with Gasteiger partial charge in [0, 0.05) is 41.5 Å². The Hall–Kier alpha value is -2.91. The Bertz CT molecular complexity index is 1160. The number of hydrogen-bond donors (Lipinski definition) is 1. The first kappa shape index (κ1) is 23.3. The summed E-state index contributed by atoms with van der Waals surface area (Å²) in [5.41, 5.74) is 3.07. The summed E-state index contributed by atoms with van der Waals surface area (Å²) in [6.45, 7) is 1.06. The minimum Gasteiger partial charge on any atom is -0.760 e. The molecule has 172 valence electrons. The highest BCUT2D eigenvalue weighted by molar-refractivity contribution is 7.76. The second kappa shape index (κ2) is 10.8. The van der Waals surface area contributed by atoms with Gasteiger partial charge in [-0.25, -0.2) is 4.31 Å². The molecule has 0 fully saturated rings. The summed E-state index contributed by atoms with van der Waals surface area (Å²) in [6, 6.07) is 19.8. The van der Waals surface area contributed by atoms with Crippen LogP contribution in [0.15, 0.2) is 66.7 Å². The van der Waals surface area contributed by atoms with Gasteiger partial charge in [-0.05, 0) is 53.4 Å². The lowest BCUT2D eigenvalue weighted by Crippen LogP contribution is -2.28. The van der Waals surface area contributed by atoms with Crippen LogP contribution < -0.4 is 14.8 Å². The highest BCUT2D eigenvalue weighted by atomic mass is 35.5. The quantitative estimate of drug-likeness (QED) is 0.465. The molecule has 0 aromatic heterocycles. The van der Waals surface area contributed by atoms with Crippen LogP contribution >= 0.6 is 11.6 Å². The normalized spacial score (nSPS) is 13.2. The van der Waals surface area contributed by atoms with Gasteiger partial charge in [0.25, 0.3) is 5.91 Å². The molecule has 0 aliphatic carbocycles. The molecule has 0 spiro atoms. The van der Waals surface area contributed by atoms with E-state index >= 15 is 0 Å².